The number of carbonyl (C=O) groups excluding carboxylic acids is 1. The van der Waals surface area contributed by atoms with Gasteiger partial charge < -0.3 is 20.6 Å². The van der Waals surface area contributed by atoms with Crippen molar-refractivity contribution in [2.45, 2.75) is 32.5 Å². The Morgan fingerprint density at radius 3 is 3.04 bits per heavy atom. The number of aliphatic hydroxyl groups excluding tert-OH is 1. The first-order chi connectivity index (χ1) is 13.0. The summed E-state index contributed by atoms with van der Waals surface area (Å²) in [6, 6.07) is 3.97. The van der Waals surface area contributed by atoms with Crippen molar-refractivity contribution in [2.24, 2.45) is 0 Å². The average Bonchev–Trinajstić information content (AvgIpc) is 2.68. The number of urea groups is 1. The number of nitrogens with one attached hydrogen (secondary N) is 2. The van der Waals surface area contributed by atoms with Gasteiger partial charge in [-0.25, -0.2) is 19.2 Å². The Bertz CT molecular complexity index is 835. The highest BCUT2D eigenvalue weighted by atomic mass is 35.5. The molecule has 0 radical (unpaired) electrons. The zero-order valence-electron chi connectivity index (χ0n) is 14.9. The molecule has 3 rings (SSSR count). The van der Waals surface area contributed by atoms with Gasteiger partial charge in [-0.05, 0) is 36.6 Å². The minimum absolute atomic E-state index is 0.0254. The molecule has 1 aromatic heterocycles. The lowest BCUT2D eigenvalue weighted by atomic mass is 10.1. The van der Waals surface area contributed by atoms with Crippen molar-refractivity contribution < 1.29 is 14.3 Å². The molecule has 2 heterocycles. The second-order valence-electron chi connectivity index (χ2n) is 6.47. The fourth-order valence-electron chi connectivity index (χ4n) is 2.75. The van der Waals surface area contributed by atoms with Gasteiger partial charge in [-0.1, -0.05) is 17.7 Å². The first kappa shape index (κ1) is 19.3. The summed E-state index contributed by atoms with van der Waals surface area (Å²) in [5.41, 5.74) is 2.51. The average molecular weight is 394 g/mol. The zero-order valence-corrected chi connectivity index (χ0v) is 15.6. The third kappa shape index (κ3) is 4.84. The van der Waals surface area contributed by atoms with E-state index in [-0.39, 0.29) is 30.2 Å². The molecule has 2 aromatic rings. The molecule has 3 N–H and O–H groups in total. The summed E-state index contributed by atoms with van der Waals surface area (Å²) in [5, 5.41) is 15.0. The van der Waals surface area contributed by atoms with Crippen LogP contribution in [0.15, 0.2) is 24.4 Å². The molecular weight excluding hydrogens is 373 g/mol. The van der Waals surface area contributed by atoms with Crippen molar-refractivity contribution in [3.05, 3.63) is 52.1 Å². The fraction of sp³-hybridized carbons (Fsp3) is 0.389. The smallest absolute Gasteiger partial charge is 0.318 e. The molecule has 7 nitrogen and oxygen atoms in total. The Labute approximate surface area is 161 Å². The second kappa shape index (κ2) is 8.49. The first-order valence-electron chi connectivity index (χ1n) is 8.65. The number of aliphatic hydroxyl groups is 1. The van der Waals surface area contributed by atoms with Gasteiger partial charge in [0.25, 0.3) is 0 Å². The van der Waals surface area contributed by atoms with E-state index in [9.17, 15) is 9.18 Å². The van der Waals surface area contributed by atoms with E-state index in [2.05, 4.69) is 20.6 Å². The van der Waals surface area contributed by atoms with Crippen molar-refractivity contribution in [3.63, 3.8) is 0 Å². The molecule has 0 aliphatic carbocycles. The Kier molecular flexibility index (Phi) is 6.08. The van der Waals surface area contributed by atoms with Crippen LogP contribution >= 0.6 is 11.6 Å². The first-order valence-corrected chi connectivity index (χ1v) is 9.03. The highest BCUT2D eigenvalue weighted by molar-refractivity contribution is 6.30. The number of benzene rings is 1. The normalized spacial score (nSPS) is 14.4. The quantitative estimate of drug-likeness (QED) is 0.725. The van der Waals surface area contributed by atoms with E-state index in [1.807, 2.05) is 6.92 Å². The third-order valence-electron chi connectivity index (χ3n) is 4.31. The molecule has 1 aliphatic rings. The van der Waals surface area contributed by atoms with E-state index in [0.717, 1.165) is 16.8 Å². The molecular formula is C18H21ClFN5O2. The second-order valence-corrected chi connectivity index (χ2v) is 6.88. The minimum atomic E-state index is -0.487. The van der Waals surface area contributed by atoms with E-state index in [0.29, 0.717) is 25.5 Å². The maximum Gasteiger partial charge on any atom is 0.318 e. The summed E-state index contributed by atoms with van der Waals surface area (Å²) in [4.78, 5) is 22.8. The Balaban J connectivity index is 1.61. The van der Waals surface area contributed by atoms with E-state index in [4.69, 9.17) is 16.7 Å². The van der Waals surface area contributed by atoms with E-state index in [1.54, 1.807) is 17.2 Å². The van der Waals surface area contributed by atoms with E-state index >= 15 is 0 Å². The molecule has 144 valence electrons. The standard InChI is InChI=1S/C18H21ClFN5O2/c1-11(10-26)23-17-21-8-13-4-5-25(9-16(13)24-17)18(27)22-7-12-2-3-15(20)14(19)6-12/h2-3,6,8,11,26H,4-5,7,9-10H2,1H3,(H,22,27)(H,21,23,24)/t11-/m0/s1. The van der Waals surface area contributed by atoms with Gasteiger partial charge in [0, 0.05) is 25.3 Å². The van der Waals surface area contributed by atoms with Gasteiger partial charge >= 0.3 is 6.03 Å². The van der Waals surface area contributed by atoms with Crippen molar-refractivity contribution in [1.29, 1.82) is 0 Å². The summed E-state index contributed by atoms with van der Waals surface area (Å²) in [6.45, 7) is 2.99. The number of aromatic nitrogens is 2. The molecule has 0 saturated heterocycles. The topological polar surface area (TPSA) is 90.4 Å². The number of hydrogen-bond donors (Lipinski definition) is 3. The van der Waals surface area contributed by atoms with Gasteiger partial charge in [0.05, 0.1) is 23.9 Å². The van der Waals surface area contributed by atoms with Gasteiger partial charge in [-0.2, -0.15) is 0 Å². The summed E-state index contributed by atoms with van der Waals surface area (Å²) < 4.78 is 13.2. The van der Waals surface area contributed by atoms with Crippen LogP contribution in [0.25, 0.3) is 0 Å². The lowest BCUT2D eigenvalue weighted by Crippen LogP contribution is -2.42. The number of amides is 2. The Morgan fingerprint density at radius 1 is 1.48 bits per heavy atom. The monoisotopic (exact) mass is 393 g/mol. The molecule has 2 amide bonds. The van der Waals surface area contributed by atoms with Crippen LogP contribution in [0.3, 0.4) is 0 Å². The van der Waals surface area contributed by atoms with E-state index < -0.39 is 5.82 Å². The third-order valence-corrected chi connectivity index (χ3v) is 4.60. The highest BCUT2D eigenvalue weighted by Gasteiger charge is 2.22. The summed E-state index contributed by atoms with van der Waals surface area (Å²) in [7, 11) is 0. The molecule has 0 bridgehead atoms. The van der Waals surface area contributed by atoms with Crippen molar-refractivity contribution >= 4 is 23.6 Å². The molecule has 1 atom stereocenters. The lowest BCUT2D eigenvalue weighted by Gasteiger charge is -2.28. The number of halogens is 2. The molecule has 0 spiro atoms. The molecule has 0 unspecified atom stereocenters. The summed E-state index contributed by atoms with van der Waals surface area (Å²) >= 11 is 5.76. The van der Waals surface area contributed by atoms with Gasteiger partial charge in [-0.3, -0.25) is 0 Å². The van der Waals surface area contributed by atoms with Crippen LogP contribution in [-0.2, 0) is 19.5 Å². The Hall–Kier alpha value is -2.45. The number of anilines is 1. The molecule has 0 fully saturated rings. The van der Waals surface area contributed by atoms with Gasteiger partial charge in [0.15, 0.2) is 0 Å². The number of rotatable bonds is 5. The predicted molar refractivity (Wildman–Crippen MR) is 100.0 cm³/mol. The van der Waals surface area contributed by atoms with Crippen LogP contribution in [0.2, 0.25) is 5.02 Å². The van der Waals surface area contributed by atoms with Crippen LogP contribution in [0.1, 0.15) is 23.7 Å². The van der Waals surface area contributed by atoms with Crippen LogP contribution in [0.4, 0.5) is 15.1 Å². The van der Waals surface area contributed by atoms with Crippen molar-refractivity contribution in [2.75, 3.05) is 18.5 Å². The molecule has 9 heteroatoms. The number of nitrogens with zero attached hydrogens (tertiary/aromatic N) is 3. The van der Waals surface area contributed by atoms with Crippen LogP contribution in [0, 0.1) is 5.82 Å². The minimum Gasteiger partial charge on any atom is -0.394 e. The zero-order chi connectivity index (χ0) is 19.4. The number of hydrogen-bond acceptors (Lipinski definition) is 5. The lowest BCUT2D eigenvalue weighted by molar-refractivity contribution is 0.191. The molecule has 1 aliphatic heterocycles. The number of carbonyl (C=O) groups is 1. The Morgan fingerprint density at radius 2 is 2.30 bits per heavy atom. The van der Waals surface area contributed by atoms with Gasteiger partial charge in [-0.15, -0.1) is 0 Å². The van der Waals surface area contributed by atoms with E-state index in [1.165, 1.54) is 12.1 Å². The summed E-state index contributed by atoms with van der Waals surface area (Å²) in [6.07, 6.45) is 2.42. The van der Waals surface area contributed by atoms with Crippen LogP contribution in [-0.4, -0.2) is 45.2 Å². The maximum absolute atomic E-state index is 13.2. The number of fused-ring (bicyclic) bond motifs is 1. The molecule has 1 aromatic carbocycles. The predicted octanol–water partition coefficient (Wildman–Crippen LogP) is 2.33. The highest BCUT2D eigenvalue weighted by Crippen LogP contribution is 2.19. The fourth-order valence-corrected chi connectivity index (χ4v) is 2.95. The largest absolute Gasteiger partial charge is 0.394 e. The summed E-state index contributed by atoms with van der Waals surface area (Å²) in [5.74, 6) is -0.0579. The van der Waals surface area contributed by atoms with Crippen molar-refractivity contribution in [1.82, 2.24) is 20.2 Å². The van der Waals surface area contributed by atoms with Crippen molar-refractivity contribution in [3.8, 4) is 0 Å². The van der Waals surface area contributed by atoms with Gasteiger partial charge in [0.1, 0.15) is 5.82 Å². The molecule has 27 heavy (non-hydrogen) atoms. The molecule has 0 saturated carbocycles. The van der Waals surface area contributed by atoms with Gasteiger partial charge in [0.2, 0.25) is 5.95 Å². The maximum atomic E-state index is 13.2. The van der Waals surface area contributed by atoms with Crippen LogP contribution in [0.5, 0.6) is 0 Å². The SMILES string of the molecule is C[C@@H](CO)Nc1ncc2c(n1)CN(C(=O)NCc1ccc(F)c(Cl)c1)CC2. The van der Waals surface area contributed by atoms with Crippen LogP contribution < -0.4 is 10.6 Å².